The second-order valence-corrected chi connectivity index (χ2v) is 5.75. The van der Waals surface area contributed by atoms with Crippen molar-refractivity contribution in [1.29, 1.82) is 0 Å². The third kappa shape index (κ3) is 4.99. The Labute approximate surface area is 116 Å². The average Bonchev–Trinajstić information content (AvgIpc) is 2.36. The van der Waals surface area contributed by atoms with Gasteiger partial charge in [-0.1, -0.05) is 33.8 Å². The summed E-state index contributed by atoms with van der Waals surface area (Å²) in [5.41, 5.74) is 6.97. The van der Waals surface area contributed by atoms with Crippen LogP contribution < -0.4 is 5.73 Å². The minimum atomic E-state index is 0.00553. The van der Waals surface area contributed by atoms with E-state index in [1.54, 1.807) is 12.3 Å². The summed E-state index contributed by atoms with van der Waals surface area (Å²) in [5.74, 6) is 0.906. The number of aromatic nitrogens is 1. The zero-order valence-corrected chi connectivity index (χ0v) is 12.4. The third-order valence-corrected chi connectivity index (χ3v) is 2.74. The van der Waals surface area contributed by atoms with Crippen molar-refractivity contribution >= 4 is 5.91 Å². The number of rotatable bonds is 6. The maximum atomic E-state index is 12.4. The van der Waals surface area contributed by atoms with E-state index in [4.69, 9.17) is 5.73 Å². The van der Waals surface area contributed by atoms with E-state index >= 15 is 0 Å². The Bertz CT molecular complexity index is 388. The molecule has 1 rings (SSSR count). The van der Waals surface area contributed by atoms with Crippen LogP contribution in [0.1, 0.15) is 43.7 Å². The lowest BCUT2D eigenvalue weighted by molar-refractivity contribution is 0.0709. The molecular formula is C15H25N3O. The van der Waals surface area contributed by atoms with Crippen LogP contribution in [0.5, 0.6) is 0 Å². The molecule has 4 heteroatoms. The topological polar surface area (TPSA) is 59.2 Å². The molecule has 1 heterocycles. The Kier molecular flexibility index (Phi) is 5.96. The molecule has 19 heavy (non-hydrogen) atoms. The molecule has 0 radical (unpaired) electrons. The Hall–Kier alpha value is -1.42. The maximum absolute atomic E-state index is 12.4. The maximum Gasteiger partial charge on any atom is 0.272 e. The van der Waals surface area contributed by atoms with Crippen LogP contribution in [0, 0.1) is 11.8 Å². The molecule has 0 fully saturated rings. The summed E-state index contributed by atoms with van der Waals surface area (Å²) in [6.45, 7) is 10.4. The minimum Gasteiger partial charge on any atom is -0.337 e. The van der Waals surface area contributed by atoms with Gasteiger partial charge in [-0.05, 0) is 23.5 Å². The van der Waals surface area contributed by atoms with Crippen LogP contribution in [0.2, 0.25) is 0 Å². The molecule has 0 saturated heterocycles. The highest BCUT2D eigenvalue weighted by molar-refractivity contribution is 5.92. The van der Waals surface area contributed by atoms with Gasteiger partial charge in [-0.3, -0.25) is 9.78 Å². The molecular weight excluding hydrogens is 238 g/mol. The van der Waals surface area contributed by atoms with Gasteiger partial charge in [0.1, 0.15) is 5.69 Å². The molecule has 0 aliphatic carbocycles. The first-order chi connectivity index (χ1) is 8.93. The molecule has 0 aromatic carbocycles. The second kappa shape index (κ2) is 7.24. The third-order valence-electron chi connectivity index (χ3n) is 2.74. The molecule has 0 spiro atoms. The molecule has 0 unspecified atom stereocenters. The summed E-state index contributed by atoms with van der Waals surface area (Å²) in [6.07, 6.45) is 1.68. The second-order valence-electron chi connectivity index (χ2n) is 5.75. The Morgan fingerprint density at radius 2 is 1.79 bits per heavy atom. The van der Waals surface area contributed by atoms with Crippen LogP contribution in [0.3, 0.4) is 0 Å². The first-order valence-corrected chi connectivity index (χ1v) is 6.88. The molecule has 1 aromatic rings. The van der Waals surface area contributed by atoms with E-state index < -0.39 is 0 Å². The number of carbonyl (C=O) groups excluding carboxylic acids is 1. The molecule has 0 atom stereocenters. The van der Waals surface area contributed by atoms with Gasteiger partial charge < -0.3 is 10.6 Å². The van der Waals surface area contributed by atoms with Crippen molar-refractivity contribution in [2.75, 3.05) is 13.1 Å². The molecule has 4 nitrogen and oxygen atoms in total. The van der Waals surface area contributed by atoms with Gasteiger partial charge in [-0.15, -0.1) is 0 Å². The largest absolute Gasteiger partial charge is 0.337 e. The smallest absolute Gasteiger partial charge is 0.272 e. The Morgan fingerprint density at radius 3 is 2.16 bits per heavy atom. The molecule has 0 aliphatic rings. The molecule has 2 N–H and O–H groups in total. The SMILES string of the molecule is CC(C)CN(CC(C)C)C(=O)c1ccc(CN)cn1. The van der Waals surface area contributed by atoms with Crippen LogP contribution in [0.25, 0.3) is 0 Å². The van der Waals surface area contributed by atoms with Crippen LogP contribution in [0.4, 0.5) is 0 Å². The highest BCUT2D eigenvalue weighted by Crippen LogP contribution is 2.09. The molecule has 0 saturated carbocycles. The van der Waals surface area contributed by atoms with Gasteiger partial charge in [0.05, 0.1) is 0 Å². The monoisotopic (exact) mass is 263 g/mol. The van der Waals surface area contributed by atoms with Crippen molar-refractivity contribution in [2.45, 2.75) is 34.2 Å². The van der Waals surface area contributed by atoms with Gasteiger partial charge >= 0.3 is 0 Å². The van der Waals surface area contributed by atoms with E-state index in [2.05, 4.69) is 32.7 Å². The van der Waals surface area contributed by atoms with E-state index in [0.29, 0.717) is 24.1 Å². The highest BCUT2D eigenvalue weighted by Gasteiger charge is 2.18. The fourth-order valence-electron chi connectivity index (χ4n) is 1.96. The summed E-state index contributed by atoms with van der Waals surface area (Å²) >= 11 is 0. The van der Waals surface area contributed by atoms with Crippen molar-refractivity contribution in [3.8, 4) is 0 Å². The Balaban J connectivity index is 2.84. The predicted molar refractivity (Wildman–Crippen MR) is 77.7 cm³/mol. The summed E-state index contributed by atoms with van der Waals surface area (Å²) in [6, 6.07) is 3.63. The molecule has 0 aliphatic heterocycles. The average molecular weight is 263 g/mol. The van der Waals surface area contributed by atoms with Crippen LogP contribution >= 0.6 is 0 Å². The van der Waals surface area contributed by atoms with E-state index in [9.17, 15) is 4.79 Å². The van der Waals surface area contributed by atoms with E-state index in [0.717, 1.165) is 18.7 Å². The first kappa shape index (κ1) is 15.6. The lowest BCUT2D eigenvalue weighted by atomic mass is 10.1. The van der Waals surface area contributed by atoms with Crippen molar-refractivity contribution in [3.63, 3.8) is 0 Å². The van der Waals surface area contributed by atoms with E-state index in [1.807, 2.05) is 11.0 Å². The lowest BCUT2D eigenvalue weighted by Gasteiger charge is -2.26. The number of pyridine rings is 1. The number of amides is 1. The zero-order chi connectivity index (χ0) is 14.4. The number of nitrogens with zero attached hydrogens (tertiary/aromatic N) is 2. The van der Waals surface area contributed by atoms with Gasteiger partial charge in [-0.2, -0.15) is 0 Å². The van der Waals surface area contributed by atoms with Crippen molar-refractivity contribution in [1.82, 2.24) is 9.88 Å². The van der Waals surface area contributed by atoms with Crippen LogP contribution in [-0.4, -0.2) is 28.9 Å². The van der Waals surface area contributed by atoms with Gasteiger partial charge in [0, 0.05) is 25.8 Å². The minimum absolute atomic E-state index is 0.00553. The quantitative estimate of drug-likeness (QED) is 0.856. The molecule has 106 valence electrons. The van der Waals surface area contributed by atoms with E-state index in [1.165, 1.54) is 0 Å². The fraction of sp³-hybridized carbons (Fsp3) is 0.600. The fourth-order valence-corrected chi connectivity index (χ4v) is 1.96. The van der Waals surface area contributed by atoms with Crippen LogP contribution in [0.15, 0.2) is 18.3 Å². The van der Waals surface area contributed by atoms with Gasteiger partial charge in [-0.25, -0.2) is 0 Å². The van der Waals surface area contributed by atoms with Crippen LogP contribution in [-0.2, 0) is 6.54 Å². The van der Waals surface area contributed by atoms with Gasteiger partial charge in [0.25, 0.3) is 5.91 Å². The highest BCUT2D eigenvalue weighted by atomic mass is 16.2. The molecule has 0 bridgehead atoms. The lowest BCUT2D eigenvalue weighted by Crippen LogP contribution is -2.37. The summed E-state index contributed by atoms with van der Waals surface area (Å²) in [5, 5.41) is 0. The normalized spacial score (nSPS) is 11.1. The number of hydrogen-bond donors (Lipinski definition) is 1. The van der Waals surface area contributed by atoms with Gasteiger partial charge in [0.15, 0.2) is 0 Å². The molecule has 1 amide bonds. The summed E-state index contributed by atoms with van der Waals surface area (Å²) in [7, 11) is 0. The number of nitrogens with two attached hydrogens (primary N) is 1. The van der Waals surface area contributed by atoms with Crippen molar-refractivity contribution < 1.29 is 4.79 Å². The number of carbonyl (C=O) groups is 1. The standard InChI is InChI=1S/C15H25N3O/c1-11(2)9-18(10-12(3)4)15(19)14-6-5-13(7-16)8-17-14/h5-6,8,11-12H,7,9-10,16H2,1-4H3. The summed E-state index contributed by atoms with van der Waals surface area (Å²) in [4.78, 5) is 18.6. The predicted octanol–water partition coefficient (Wildman–Crippen LogP) is 2.29. The van der Waals surface area contributed by atoms with E-state index in [-0.39, 0.29) is 5.91 Å². The number of hydrogen-bond acceptors (Lipinski definition) is 3. The Morgan fingerprint density at radius 1 is 1.21 bits per heavy atom. The molecule has 1 aromatic heterocycles. The van der Waals surface area contributed by atoms with Crippen molar-refractivity contribution in [2.24, 2.45) is 17.6 Å². The first-order valence-electron chi connectivity index (χ1n) is 6.88. The summed E-state index contributed by atoms with van der Waals surface area (Å²) < 4.78 is 0. The van der Waals surface area contributed by atoms with Crippen molar-refractivity contribution in [3.05, 3.63) is 29.6 Å². The van der Waals surface area contributed by atoms with Gasteiger partial charge in [0.2, 0.25) is 0 Å². The zero-order valence-electron chi connectivity index (χ0n) is 12.4.